The van der Waals surface area contributed by atoms with Gasteiger partial charge in [0.15, 0.2) is 0 Å². The number of aromatic nitrogens is 1. The van der Waals surface area contributed by atoms with Crippen molar-refractivity contribution in [1.29, 1.82) is 0 Å². The third-order valence-corrected chi connectivity index (χ3v) is 5.37. The van der Waals surface area contributed by atoms with Crippen molar-refractivity contribution >= 4 is 11.9 Å². The Morgan fingerprint density at radius 3 is 2.70 bits per heavy atom. The van der Waals surface area contributed by atoms with Crippen LogP contribution in [0.3, 0.4) is 0 Å². The fourth-order valence-corrected chi connectivity index (χ4v) is 3.81. The topological polar surface area (TPSA) is 89.0 Å². The van der Waals surface area contributed by atoms with Crippen LogP contribution in [0.5, 0.6) is 11.6 Å². The number of fused-ring (bicyclic) bond motifs is 1. The molecule has 2 aliphatic rings. The van der Waals surface area contributed by atoms with Gasteiger partial charge < -0.3 is 19.5 Å². The lowest BCUT2D eigenvalue weighted by atomic mass is 9.74. The lowest BCUT2D eigenvalue weighted by Crippen LogP contribution is -2.45. The van der Waals surface area contributed by atoms with Crippen LogP contribution in [0.4, 0.5) is 0 Å². The number of carbonyl (C=O) groups is 2. The Bertz CT molecular complexity index is 839. The molecule has 140 valence electrons. The van der Waals surface area contributed by atoms with E-state index >= 15 is 0 Å². The highest BCUT2D eigenvalue weighted by Gasteiger charge is 2.54. The normalized spacial score (nSPS) is 24.3. The van der Waals surface area contributed by atoms with Crippen molar-refractivity contribution in [2.75, 3.05) is 26.3 Å². The number of carboxylic acids is 1. The van der Waals surface area contributed by atoms with E-state index in [0.717, 1.165) is 0 Å². The van der Waals surface area contributed by atoms with Crippen LogP contribution in [-0.4, -0.2) is 53.2 Å². The SMILES string of the molecule is O=C(c1ccc(Oc2ccccc2)nc1)N1C[C@H]2COCC[C@@]2(C(=O)O)C1. The van der Waals surface area contributed by atoms with Gasteiger partial charge in [-0.1, -0.05) is 18.2 Å². The Morgan fingerprint density at radius 1 is 1.22 bits per heavy atom. The molecule has 1 N–H and O–H groups in total. The highest BCUT2D eigenvalue weighted by molar-refractivity contribution is 5.95. The van der Waals surface area contributed by atoms with Crippen molar-refractivity contribution in [3.8, 4) is 11.6 Å². The number of likely N-dealkylation sites (tertiary alicyclic amines) is 1. The van der Waals surface area contributed by atoms with Gasteiger partial charge in [0.2, 0.25) is 5.88 Å². The van der Waals surface area contributed by atoms with E-state index in [1.54, 1.807) is 17.0 Å². The second-order valence-corrected chi connectivity index (χ2v) is 6.97. The van der Waals surface area contributed by atoms with Crippen LogP contribution >= 0.6 is 0 Å². The zero-order valence-electron chi connectivity index (χ0n) is 14.7. The first-order valence-corrected chi connectivity index (χ1v) is 8.88. The average molecular weight is 368 g/mol. The summed E-state index contributed by atoms with van der Waals surface area (Å²) in [4.78, 5) is 30.5. The summed E-state index contributed by atoms with van der Waals surface area (Å²) in [7, 11) is 0. The van der Waals surface area contributed by atoms with Gasteiger partial charge >= 0.3 is 5.97 Å². The third kappa shape index (κ3) is 3.26. The van der Waals surface area contributed by atoms with E-state index in [2.05, 4.69) is 4.98 Å². The maximum Gasteiger partial charge on any atom is 0.311 e. The smallest absolute Gasteiger partial charge is 0.311 e. The number of carbonyl (C=O) groups excluding carboxylic acids is 1. The summed E-state index contributed by atoms with van der Waals surface area (Å²) in [6.07, 6.45) is 1.89. The van der Waals surface area contributed by atoms with Crippen LogP contribution in [0.15, 0.2) is 48.7 Å². The van der Waals surface area contributed by atoms with E-state index in [1.807, 2.05) is 30.3 Å². The van der Waals surface area contributed by atoms with Crippen molar-refractivity contribution in [2.45, 2.75) is 6.42 Å². The first-order valence-electron chi connectivity index (χ1n) is 8.88. The molecule has 4 rings (SSSR count). The molecule has 0 radical (unpaired) electrons. The minimum Gasteiger partial charge on any atom is -0.481 e. The average Bonchev–Trinajstić information content (AvgIpc) is 3.10. The number of rotatable bonds is 4. The number of hydrogen-bond acceptors (Lipinski definition) is 5. The lowest BCUT2D eigenvalue weighted by Gasteiger charge is -2.33. The van der Waals surface area contributed by atoms with Gasteiger partial charge in [-0.25, -0.2) is 4.98 Å². The predicted octanol–water partition coefficient (Wildman–Crippen LogP) is 2.44. The Morgan fingerprint density at radius 2 is 2.04 bits per heavy atom. The molecular formula is C20H20N2O5. The maximum absolute atomic E-state index is 12.8. The molecule has 27 heavy (non-hydrogen) atoms. The first kappa shape index (κ1) is 17.5. The number of pyridine rings is 1. The molecule has 1 aromatic heterocycles. The quantitative estimate of drug-likeness (QED) is 0.892. The summed E-state index contributed by atoms with van der Waals surface area (Å²) in [5.41, 5.74) is -0.493. The monoisotopic (exact) mass is 368 g/mol. The highest BCUT2D eigenvalue weighted by Crippen LogP contribution is 2.42. The Balaban J connectivity index is 1.47. The van der Waals surface area contributed by atoms with Crippen molar-refractivity contribution in [2.24, 2.45) is 11.3 Å². The number of carboxylic acid groups (broad SMARTS) is 1. The zero-order chi connectivity index (χ0) is 18.9. The number of para-hydroxylation sites is 1. The predicted molar refractivity (Wildman–Crippen MR) is 95.7 cm³/mol. The molecule has 3 heterocycles. The van der Waals surface area contributed by atoms with E-state index in [1.165, 1.54) is 6.20 Å². The third-order valence-electron chi connectivity index (χ3n) is 5.37. The van der Waals surface area contributed by atoms with Crippen LogP contribution in [-0.2, 0) is 9.53 Å². The number of aliphatic carboxylic acids is 1. The minimum absolute atomic E-state index is 0.179. The molecule has 0 unspecified atom stereocenters. The lowest BCUT2D eigenvalue weighted by molar-refractivity contribution is -0.157. The molecule has 7 heteroatoms. The summed E-state index contributed by atoms with van der Waals surface area (Å²) in [5, 5.41) is 9.72. The Kier molecular flexibility index (Phi) is 4.53. The summed E-state index contributed by atoms with van der Waals surface area (Å²) >= 11 is 0. The van der Waals surface area contributed by atoms with E-state index in [4.69, 9.17) is 9.47 Å². The molecular weight excluding hydrogens is 348 g/mol. The second-order valence-electron chi connectivity index (χ2n) is 6.97. The molecule has 7 nitrogen and oxygen atoms in total. The second kappa shape index (κ2) is 7.00. The summed E-state index contributed by atoms with van der Waals surface area (Å²) in [6.45, 7) is 1.38. The van der Waals surface area contributed by atoms with E-state index < -0.39 is 11.4 Å². The molecule has 0 spiro atoms. The molecule has 2 aliphatic heterocycles. The standard InChI is InChI=1S/C20H20N2O5/c23-18(22-11-15-12-26-9-8-20(15,13-22)19(24)25)14-6-7-17(21-10-14)27-16-4-2-1-3-5-16/h1-7,10,15H,8-9,11-13H2,(H,24,25)/t15-,20+/m0/s1. The van der Waals surface area contributed by atoms with Gasteiger partial charge in [0, 0.05) is 37.9 Å². The van der Waals surface area contributed by atoms with Gasteiger partial charge in [0.1, 0.15) is 5.75 Å². The van der Waals surface area contributed by atoms with Gasteiger partial charge in [-0.2, -0.15) is 0 Å². The Labute approximate surface area is 156 Å². The van der Waals surface area contributed by atoms with Crippen molar-refractivity contribution in [3.63, 3.8) is 0 Å². The van der Waals surface area contributed by atoms with E-state index in [9.17, 15) is 14.7 Å². The molecule has 2 atom stereocenters. The van der Waals surface area contributed by atoms with E-state index in [0.29, 0.717) is 43.4 Å². The fourth-order valence-electron chi connectivity index (χ4n) is 3.81. The molecule has 2 aromatic rings. The summed E-state index contributed by atoms with van der Waals surface area (Å²) in [5.74, 6) is -0.194. The summed E-state index contributed by atoms with van der Waals surface area (Å²) < 4.78 is 11.1. The van der Waals surface area contributed by atoms with Crippen molar-refractivity contribution in [1.82, 2.24) is 9.88 Å². The molecule has 1 aromatic carbocycles. The van der Waals surface area contributed by atoms with Gasteiger partial charge in [0.05, 0.1) is 17.6 Å². The molecule has 1 amide bonds. The highest BCUT2D eigenvalue weighted by atomic mass is 16.5. The molecule has 0 aliphatic carbocycles. The van der Waals surface area contributed by atoms with Gasteiger partial charge in [-0.3, -0.25) is 9.59 Å². The van der Waals surface area contributed by atoms with Crippen molar-refractivity contribution in [3.05, 3.63) is 54.2 Å². The fraction of sp³-hybridized carbons (Fsp3) is 0.350. The van der Waals surface area contributed by atoms with Crippen molar-refractivity contribution < 1.29 is 24.2 Å². The first-order chi connectivity index (χ1) is 13.1. The van der Waals surface area contributed by atoms with Crippen LogP contribution < -0.4 is 4.74 Å². The van der Waals surface area contributed by atoms with Crippen LogP contribution in [0.25, 0.3) is 0 Å². The van der Waals surface area contributed by atoms with Gasteiger partial charge in [-0.15, -0.1) is 0 Å². The van der Waals surface area contributed by atoms with Crippen LogP contribution in [0.1, 0.15) is 16.8 Å². The summed E-state index contributed by atoms with van der Waals surface area (Å²) in [6, 6.07) is 12.5. The number of ether oxygens (including phenoxy) is 2. The van der Waals surface area contributed by atoms with Gasteiger partial charge in [-0.05, 0) is 24.6 Å². The maximum atomic E-state index is 12.8. The Hall–Kier alpha value is -2.93. The number of nitrogens with zero attached hydrogens (tertiary/aromatic N) is 2. The number of benzene rings is 1. The number of amides is 1. The van der Waals surface area contributed by atoms with Crippen LogP contribution in [0.2, 0.25) is 0 Å². The minimum atomic E-state index is -0.905. The molecule has 0 saturated carbocycles. The zero-order valence-corrected chi connectivity index (χ0v) is 14.7. The van der Waals surface area contributed by atoms with Crippen LogP contribution in [0, 0.1) is 11.3 Å². The molecule has 2 fully saturated rings. The van der Waals surface area contributed by atoms with Gasteiger partial charge in [0.25, 0.3) is 5.91 Å². The molecule has 0 bridgehead atoms. The number of hydrogen-bond donors (Lipinski definition) is 1. The largest absolute Gasteiger partial charge is 0.481 e. The molecule has 2 saturated heterocycles. The van der Waals surface area contributed by atoms with E-state index in [-0.39, 0.29) is 18.4 Å².